The van der Waals surface area contributed by atoms with Crippen LogP contribution in [0, 0.1) is 5.92 Å². The molecule has 0 spiro atoms. The van der Waals surface area contributed by atoms with Crippen LogP contribution in [0.2, 0.25) is 0 Å². The second-order valence-corrected chi connectivity index (χ2v) is 8.60. The summed E-state index contributed by atoms with van der Waals surface area (Å²) < 4.78 is 5.62. The van der Waals surface area contributed by atoms with Crippen LogP contribution in [0.15, 0.2) is 48.7 Å². The first-order chi connectivity index (χ1) is 15.1. The number of amides is 1. The molecule has 1 aromatic carbocycles. The quantitative estimate of drug-likeness (QED) is 0.601. The number of hydrogen-bond acceptors (Lipinski definition) is 5. The van der Waals surface area contributed by atoms with Gasteiger partial charge in [0.05, 0.1) is 0 Å². The molecule has 1 saturated heterocycles. The van der Waals surface area contributed by atoms with E-state index in [4.69, 9.17) is 4.74 Å². The number of piperidine rings is 1. The maximum Gasteiger partial charge on any atom is 0.251 e. The number of likely N-dealkylation sites (tertiary alicyclic amines) is 1. The molecule has 1 N–H and O–H groups in total. The largest absolute Gasteiger partial charge is 0.476 e. The summed E-state index contributed by atoms with van der Waals surface area (Å²) in [5, 5.41) is 3.03. The van der Waals surface area contributed by atoms with E-state index in [1.165, 1.54) is 31.2 Å². The number of aromatic nitrogens is 1. The van der Waals surface area contributed by atoms with Crippen molar-refractivity contribution in [2.45, 2.75) is 25.7 Å². The summed E-state index contributed by atoms with van der Waals surface area (Å²) in [6.45, 7) is 5.15. The molecule has 1 aliphatic heterocycles. The monoisotopic (exact) mass is 424 g/mol. The van der Waals surface area contributed by atoms with Gasteiger partial charge in [-0.15, -0.1) is 0 Å². The molecule has 1 aromatic heterocycles. The zero-order valence-electron chi connectivity index (χ0n) is 18.9. The van der Waals surface area contributed by atoms with Gasteiger partial charge in [-0.3, -0.25) is 4.79 Å². The number of ether oxygens (including phenoxy) is 1. The van der Waals surface area contributed by atoms with Crippen LogP contribution < -0.4 is 10.1 Å². The normalized spacial score (nSPS) is 15.2. The number of carbonyl (C=O) groups excluding carboxylic acids is 1. The van der Waals surface area contributed by atoms with Crippen LogP contribution >= 0.6 is 0 Å². The number of pyridine rings is 1. The lowest BCUT2D eigenvalue weighted by Crippen LogP contribution is -2.39. The Hall–Kier alpha value is -2.44. The number of hydrogen-bond donors (Lipinski definition) is 1. The second kappa shape index (κ2) is 12.4. The molecule has 6 heteroatoms. The van der Waals surface area contributed by atoms with E-state index in [9.17, 15) is 4.79 Å². The minimum Gasteiger partial charge on any atom is -0.476 e. The second-order valence-electron chi connectivity index (χ2n) is 8.60. The van der Waals surface area contributed by atoms with Crippen LogP contribution in [-0.2, 0) is 6.42 Å². The molecule has 0 radical (unpaired) electrons. The Morgan fingerprint density at radius 1 is 1.19 bits per heavy atom. The van der Waals surface area contributed by atoms with Crippen molar-refractivity contribution in [1.82, 2.24) is 20.1 Å². The van der Waals surface area contributed by atoms with Gasteiger partial charge < -0.3 is 19.9 Å². The first kappa shape index (κ1) is 23.2. The lowest BCUT2D eigenvalue weighted by molar-refractivity contribution is 0.0943. The van der Waals surface area contributed by atoms with E-state index >= 15 is 0 Å². The maximum atomic E-state index is 12.5. The molecule has 2 aromatic rings. The van der Waals surface area contributed by atoms with Gasteiger partial charge in [0.15, 0.2) is 0 Å². The third-order valence-electron chi connectivity index (χ3n) is 5.89. The van der Waals surface area contributed by atoms with Crippen molar-refractivity contribution in [3.63, 3.8) is 0 Å². The van der Waals surface area contributed by atoms with Gasteiger partial charge in [0.25, 0.3) is 5.91 Å². The highest BCUT2D eigenvalue weighted by molar-refractivity contribution is 5.94. The first-order valence-corrected chi connectivity index (χ1v) is 11.4. The van der Waals surface area contributed by atoms with Crippen molar-refractivity contribution >= 4 is 5.91 Å². The summed E-state index contributed by atoms with van der Waals surface area (Å²) in [6.07, 6.45) is 6.57. The molecule has 0 aliphatic carbocycles. The molecule has 1 aliphatic rings. The standard InChI is InChI=1S/C25H36N4O2/c1-28(2)18-19-31-24-20-23(10-13-26-24)25(30)27-14-17-29-15-11-22(12-16-29)9-8-21-6-4-3-5-7-21/h3-7,10,13,20,22H,8-9,11-12,14-19H2,1-2H3,(H,27,30). The van der Waals surface area contributed by atoms with E-state index < -0.39 is 0 Å². The van der Waals surface area contributed by atoms with Gasteiger partial charge in [-0.05, 0) is 70.4 Å². The summed E-state index contributed by atoms with van der Waals surface area (Å²) in [5.74, 6) is 1.23. The smallest absolute Gasteiger partial charge is 0.251 e. The number of benzene rings is 1. The molecule has 168 valence electrons. The van der Waals surface area contributed by atoms with Gasteiger partial charge in [-0.1, -0.05) is 30.3 Å². The van der Waals surface area contributed by atoms with Gasteiger partial charge in [-0.25, -0.2) is 4.98 Å². The van der Waals surface area contributed by atoms with E-state index in [-0.39, 0.29) is 5.91 Å². The Morgan fingerprint density at radius 3 is 2.71 bits per heavy atom. The molecule has 1 fully saturated rings. The zero-order valence-corrected chi connectivity index (χ0v) is 18.9. The molecular formula is C25H36N4O2. The topological polar surface area (TPSA) is 57.7 Å². The van der Waals surface area contributed by atoms with Crippen molar-refractivity contribution in [3.8, 4) is 5.88 Å². The fourth-order valence-electron chi connectivity index (χ4n) is 3.91. The zero-order chi connectivity index (χ0) is 21.9. The molecule has 0 bridgehead atoms. The predicted octanol–water partition coefficient (Wildman–Crippen LogP) is 3.10. The Bertz CT molecular complexity index is 789. The molecule has 3 rings (SSSR count). The Kier molecular flexibility index (Phi) is 9.31. The minimum absolute atomic E-state index is 0.0717. The molecule has 6 nitrogen and oxygen atoms in total. The highest BCUT2D eigenvalue weighted by atomic mass is 16.5. The fraction of sp³-hybridized carbons (Fsp3) is 0.520. The summed E-state index contributed by atoms with van der Waals surface area (Å²) in [4.78, 5) is 21.2. The van der Waals surface area contributed by atoms with Crippen molar-refractivity contribution in [3.05, 3.63) is 59.8 Å². The van der Waals surface area contributed by atoms with Gasteiger partial charge in [0, 0.05) is 37.5 Å². The Balaban J connectivity index is 1.32. The molecule has 0 saturated carbocycles. The van der Waals surface area contributed by atoms with Crippen LogP contribution in [0.5, 0.6) is 5.88 Å². The number of rotatable bonds is 11. The highest BCUT2D eigenvalue weighted by Gasteiger charge is 2.19. The highest BCUT2D eigenvalue weighted by Crippen LogP contribution is 2.22. The molecule has 1 amide bonds. The maximum absolute atomic E-state index is 12.5. The van der Waals surface area contributed by atoms with Crippen molar-refractivity contribution in [2.24, 2.45) is 5.92 Å². The van der Waals surface area contributed by atoms with Crippen LogP contribution in [-0.4, -0.2) is 74.1 Å². The summed E-state index contributed by atoms with van der Waals surface area (Å²) in [5.41, 5.74) is 2.03. The van der Waals surface area contributed by atoms with Gasteiger partial charge >= 0.3 is 0 Å². The number of aryl methyl sites for hydroxylation is 1. The van der Waals surface area contributed by atoms with E-state index in [1.807, 2.05) is 19.0 Å². The van der Waals surface area contributed by atoms with Crippen LogP contribution in [0.25, 0.3) is 0 Å². The lowest BCUT2D eigenvalue weighted by atomic mass is 9.90. The average Bonchev–Trinajstić information content (AvgIpc) is 2.79. The van der Waals surface area contributed by atoms with Crippen LogP contribution in [0.3, 0.4) is 0 Å². The van der Waals surface area contributed by atoms with E-state index in [0.717, 1.165) is 32.1 Å². The number of nitrogens with one attached hydrogen (secondary N) is 1. The molecular weight excluding hydrogens is 388 g/mol. The number of likely N-dealkylation sites (N-methyl/N-ethyl adjacent to an activating group) is 1. The minimum atomic E-state index is -0.0717. The molecule has 0 atom stereocenters. The summed E-state index contributed by atoms with van der Waals surface area (Å²) in [7, 11) is 3.99. The van der Waals surface area contributed by atoms with Gasteiger partial charge in [0.1, 0.15) is 6.61 Å². The van der Waals surface area contributed by atoms with E-state index in [2.05, 4.69) is 45.5 Å². The predicted molar refractivity (Wildman–Crippen MR) is 125 cm³/mol. The lowest BCUT2D eigenvalue weighted by Gasteiger charge is -2.32. The van der Waals surface area contributed by atoms with Crippen molar-refractivity contribution < 1.29 is 9.53 Å². The Labute approximate surface area is 186 Å². The molecule has 31 heavy (non-hydrogen) atoms. The third-order valence-corrected chi connectivity index (χ3v) is 5.89. The number of carbonyl (C=O) groups is 1. The van der Waals surface area contributed by atoms with Gasteiger partial charge in [0.2, 0.25) is 5.88 Å². The molecule has 0 unspecified atom stereocenters. The van der Waals surface area contributed by atoms with Crippen LogP contribution in [0.4, 0.5) is 0 Å². The van der Waals surface area contributed by atoms with Crippen LogP contribution in [0.1, 0.15) is 35.2 Å². The number of nitrogens with zero attached hydrogens (tertiary/aromatic N) is 3. The van der Waals surface area contributed by atoms with Gasteiger partial charge in [-0.2, -0.15) is 0 Å². The Morgan fingerprint density at radius 2 is 1.97 bits per heavy atom. The van der Waals surface area contributed by atoms with E-state index in [0.29, 0.717) is 24.6 Å². The van der Waals surface area contributed by atoms with Crippen molar-refractivity contribution in [1.29, 1.82) is 0 Å². The molecule has 2 heterocycles. The van der Waals surface area contributed by atoms with E-state index in [1.54, 1.807) is 18.3 Å². The SMILES string of the molecule is CN(C)CCOc1cc(C(=O)NCCN2CCC(CCc3ccccc3)CC2)ccn1. The third kappa shape index (κ3) is 8.31. The average molecular weight is 425 g/mol. The summed E-state index contributed by atoms with van der Waals surface area (Å²) in [6, 6.07) is 14.2. The van der Waals surface area contributed by atoms with Crippen molar-refractivity contribution in [2.75, 3.05) is 53.4 Å². The fourth-order valence-corrected chi connectivity index (χ4v) is 3.91. The first-order valence-electron chi connectivity index (χ1n) is 11.4. The summed E-state index contributed by atoms with van der Waals surface area (Å²) >= 11 is 0.